The summed E-state index contributed by atoms with van der Waals surface area (Å²) in [5, 5.41) is 17.3. The highest BCUT2D eigenvalue weighted by Crippen LogP contribution is 2.22. The number of ether oxygens (including phenoxy) is 1. The van der Waals surface area contributed by atoms with Crippen LogP contribution in [0.1, 0.15) is 12.5 Å². The van der Waals surface area contributed by atoms with Gasteiger partial charge in [0.2, 0.25) is 0 Å². The van der Waals surface area contributed by atoms with Gasteiger partial charge in [-0.15, -0.1) is 0 Å². The molecule has 0 atom stereocenters. The van der Waals surface area contributed by atoms with E-state index in [0.29, 0.717) is 22.1 Å². The molecule has 0 aliphatic carbocycles. The van der Waals surface area contributed by atoms with E-state index in [1.807, 2.05) is 30.3 Å². The number of para-hydroxylation sites is 3. The number of hydrogen-bond acceptors (Lipinski definition) is 4. The van der Waals surface area contributed by atoms with Crippen LogP contribution in [0.3, 0.4) is 0 Å². The number of benzene rings is 2. The van der Waals surface area contributed by atoms with Gasteiger partial charge in [0.1, 0.15) is 11.5 Å². The third-order valence-electron chi connectivity index (χ3n) is 2.97. The second-order valence-electron chi connectivity index (χ2n) is 4.48. The molecule has 114 valence electrons. The molecule has 0 heterocycles. The van der Waals surface area contributed by atoms with Gasteiger partial charge in [0, 0.05) is 5.56 Å². The van der Waals surface area contributed by atoms with Crippen LogP contribution >= 0.6 is 12.2 Å². The van der Waals surface area contributed by atoms with Crippen molar-refractivity contribution in [3.63, 3.8) is 0 Å². The van der Waals surface area contributed by atoms with E-state index in [1.54, 1.807) is 32.2 Å². The van der Waals surface area contributed by atoms with Crippen molar-refractivity contribution in [2.24, 2.45) is 5.10 Å². The Kier molecular flexibility index (Phi) is 5.32. The number of methoxy groups -OCH3 is 1. The molecule has 0 fully saturated rings. The summed E-state index contributed by atoms with van der Waals surface area (Å²) in [5.41, 5.74) is 4.77. The standard InChI is InChI=1S/C16H17N3O2S/c1-11(12-7-3-5-9-14(12)20)18-19-16(22)17-13-8-4-6-10-15(13)21-2/h3-10,20H,1-2H3,(H2,17,19,22)/b18-11+. The lowest BCUT2D eigenvalue weighted by Crippen LogP contribution is -2.25. The van der Waals surface area contributed by atoms with Gasteiger partial charge in [-0.1, -0.05) is 24.3 Å². The first kappa shape index (κ1) is 15.8. The number of hydrogen-bond donors (Lipinski definition) is 3. The van der Waals surface area contributed by atoms with Gasteiger partial charge < -0.3 is 15.2 Å². The molecule has 0 aromatic heterocycles. The van der Waals surface area contributed by atoms with E-state index >= 15 is 0 Å². The van der Waals surface area contributed by atoms with Crippen LogP contribution in [-0.4, -0.2) is 23.0 Å². The van der Waals surface area contributed by atoms with Crippen molar-refractivity contribution in [1.29, 1.82) is 0 Å². The number of anilines is 1. The summed E-state index contributed by atoms with van der Waals surface area (Å²) in [6.07, 6.45) is 0. The molecule has 2 aromatic carbocycles. The Morgan fingerprint density at radius 1 is 1.14 bits per heavy atom. The minimum Gasteiger partial charge on any atom is -0.507 e. The zero-order valence-electron chi connectivity index (χ0n) is 12.3. The molecular weight excluding hydrogens is 298 g/mol. The van der Waals surface area contributed by atoms with Crippen LogP contribution in [-0.2, 0) is 0 Å². The Bertz CT molecular complexity index is 701. The Labute approximate surface area is 134 Å². The number of thiocarbonyl (C=S) groups is 1. The van der Waals surface area contributed by atoms with Crippen LogP contribution in [0.5, 0.6) is 11.5 Å². The summed E-state index contributed by atoms with van der Waals surface area (Å²) in [7, 11) is 1.59. The van der Waals surface area contributed by atoms with Gasteiger partial charge in [0.25, 0.3) is 0 Å². The highest BCUT2D eigenvalue weighted by Gasteiger charge is 2.05. The van der Waals surface area contributed by atoms with E-state index in [9.17, 15) is 5.11 Å². The van der Waals surface area contributed by atoms with Crippen molar-refractivity contribution in [2.75, 3.05) is 12.4 Å². The minimum absolute atomic E-state index is 0.175. The van der Waals surface area contributed by atoms with Gasteiger partial charge in [-0.05, 0) is 43.4 Å². The maximum Gasteiger partial charge on any atom is 0.191 e. The molecule has 0 saturated carbocycles. The summed E-state index contributed by atoms with van der Waals surface area (Å²) in [6.45, 7) is 1.79. The van der Waals surface area contributed by atoms with Gasteiger partial charge >= 0.3 is 0 Å². The quantitative estimate of drug-likeness (QED) is 0.459. The average Bonchev–Trinajstić information content (AvgIpc) is 2.53. The molecule has 0 unspecified atom stereocenters. The molecule has 0 aliphatic heterocycles. The van der Waals surface area contributed by atoms with Crippen molar-refractivity contribution in [2.45, 2.75) is 6.92 Å². The van der Waals surface area contributed by atoms with Crippen LogP contribution in [0.25, 0.3) is 0 Å². The summed E-state index contributed by atoms with van der Waals surface area (Å²) >= 11 is 5.20. The Morgan fingerprint density at radius 2 is 1.82 bits per heavy atom. The maximum atomic E-state index is 9.78. The molecule has 0 radical (unpaired) electrons. The summed E-state index contributed by atoms with van der Waals surface area (Å²) in [5.74, 6) is 0.863. The van der Waals surface area contributed by atoms with Crippen LogP contribution < -0.4 is 15.5 Å². The molecule has 2 aromatic rings. The van der Waals surface area contributed by atoms with Crippen LogP contribution in [0.2, 0.25) is 0 Å². The van der Waals surface area contributed by atoms with Crippen molar-refractivity contribution in [3.8, 4) is 11.5 Å². The fraction of sp³-hybridized carbons (Fsp3) is 0.125. The van der Waals surface area contributed by atoms with Crippen LogP contribution in [0.15, 0.2) is 53.6 Å². The van der Waals surface area contributed by atoms with Crippen molar-refractivity contribution < 1.29 is 9.84 Å². The zero-order valence-corrected chi connectivity index (χ0v) is 13.1. The number of nitrogens with zero attached hydrogens (tertiary/aromatic N) is 1. The fourth-order valence-corrected chi connectivity index (χ4v) is 2.03. The van der Waals surface area contributed by atoms with Gasteiger partial charge in [0.15, 0.2) is 5.11 Å². The predicted molar refractivity (Wildman–Crippen MR) is 92.7 cm³/mol. The first-order valence-corrected chi connectivity index (χ1v) is 7.05. The largest absolute Gasteiger partial charge is 0.507 e. The molecule has 0 amide bonds. The van der Waals surface area contributed by atoms with Gasteiger partial charge in [0.05, 0.1) is 18.5 Å². The van der Waals surface area contributed by atoms with Crippen LogP contribution in [0, 0.1) is 0 Å². The number of nitrogens with one attached hydrogen (secondary N) is 2. The lowest BCUT2D eigenvalue weighted by Gasteiger charge is -2.11. The lowest BCUT2D eigenvalue weighted by molar-refractivity contribution is 0.417. The van der Waals surface area contributed by atoms with E-state index < -0.39 is 0 Å². The molecule has 2 rings (SSSR count). The maximum absolute atomic E-state index is 9.78. The molecule has 5 nitrogen and oxygen atoms in total. The molecule has 0 bridgehead atoms. The Balaban J connectivity index is 2.03. The summed E-state index contributed by atoms with van der Waals surface area (Å²) < 4.78 is 5.24. The van der Waals surface area contributed by atoms with Gasteiger partial charge in [-0.3, -0.25) is 5.43 Å². The normalized spacial score (nSPS) is 10.9. The summed E-state index contributed by atoms with van der Waals surface area (Å²) in [6, 6.07) is 14.4. The van der Waals surface area contributed by atoms with Gasteiger partial charge in [-0.25, -0.2) is 0 Å². The molecule has 3 N–H and O–H groups in total. The number of rotatable bonds is 4. The molecule has 0 aliphatic rings. The number of aromatic hydroxyl groups is 1. The van der Waals surface area contributed by atoms with E-state index in [4.69, 9.17) is 17.0 Å². The highest BCUT2D eigenvalue weighted by atomic mass is 32.1. The first-order valence-electron chi connectivity index (χ1n) is 6.64. The fourth-order valence-electron chi connectivity index (χ4n) is 1.87. The average molecular weight is 315 g/mol. The molecule has 22 heavy (non-hydrogen) atoms. The number of hydrazone groups is 1. The van der Waals surface area contributed by atoms with Crippen molar-refractivity contribution in [3.05, 3.63) is 54.1 Å². The predicted octanol–water partition coefficient (Wildman–Crippen LogP) is 3.11. The highest BCUT2D eigenvalue weighted by molar-refractivity contribution is 7.80. The van der Waals surface area contributed by atoms with E-state index in [-0.39, 0.29) is 5.75 Å². The lowest BCUT2D eigenvalue weighted by atomic mass is 10.1. The van der Waals surface area contributed by atoms with E-state index in [2.05, 4.69) is 15.8 Å². The molecular formula is C16H17N3O2S. The van der Waals surface area contributed by atoms with E-state index in [0.717, 1.165) is 5.69 Å². The van der Waals surface area contributed by atoms with Crippen molar-refractivity contribution in [1.82, 2.24) is 5.43 Å². The van der Waals surface area contributed by atoms with Crippen molar-refractivity contribution >= 4 is 28.7 Å². The number of phenolic OH excluding ortho intramolecular Hbond substituents is 1. The minimum atomic E-state index is 0.175. The van der Waals surface area contributed by atoms with Gasteiger partial charge in [-0.2, -0.15) is 5.10 Å². The molecule has 0 saturated heterocycles. The summed E-state index contributed by atoms with van der Waals surface area (Å²) in [4.78, 5) is 0. The second kappa shape index (κ2) is 7.42. The Hall–Kier alpha value is -2.60. The molecule has 0 spiro atoms. The Morgan fingerprint density at radius 3 is 2.55 bits per heavy atom. The number of phenols is 1. The second-order valence-corrected chi connectivity index (χ2v) is 4.89. The van der Waals surface area contributed by atoms with Crippen LogP contribution in [0.4, 0.5) is 5.69 Å². The first-order chi connectivity index (χ1) is 10.6. The SMILES string of the molecule is COc1ccccc1NC(=S)N/N=C(\C)c1ccccc1O. The zero-order chi connectivity index (χ0) is 15.9. The topological polar surface area (TPSA) is 65.9 Å². The van der Waals surface area contributed by atoms with E-state index in [1.165, 1.54) is 0 Å². The third kappa shape index (κ3) is 3.95. The molecule has 6 heteroatoms. The monoisotopic (exact) mass is 315 g/mol. The third-order valence-corrected chi connectivity index (χ3v) is 3.17. The smallest absolute Gasteiger partial charge is 0.191 e.